The molecular formula is C30H54BrClN2O9. The zero-order valence-electron chi connectivity index (χ0n) is 28.3. The fourth-order valence-electron chi connectivity index (χ4n) is 2.29. The molecule has 13 heteroatoms. The summed E-state index contributed by atoms with van der Waals surface area (Å²) in [7, 11) is 0. The van der Waals surface area contributed by atoms with E-state index in [0.717, 1.165) is 0 Å². The molecule has 2 aliphatic heterocycles. The topological polar surface area (TPSA) is 156 Å². The first-order valence-corrected chi connectivity index (χ1v) is 15.5. The number of nitrogens with one attached hydrogen (secondary N) is 1. The van der Waals surface area contributed by atoms with Crippen LogP contribution in [-0.2, 0) is 28.7 Å². The summed E-state index contributed by atoms with van der Waals surface area (Å²) >= 11 is 8.17. The van der Waals surface area contributed by atoms with Crippen LogP contribution in [0.4, 0.5) is 9.59 Å². The molecule has 43 heavy (non-hydrogen) atoms. The fourth-order valence-corrected chi connectivity index (χ4v) is 2.29. The maximum absolute atomic E-state index is 11.7. The number of hydrogen-bond acceptors (Lipinski definition) is 8. The Bertz CT molecular complexity index is 913. The molecule has 0 aromatic heterocycles. The summed E-state index contributed by atoms with van der Waals surface area (Å²) in [6, 6.07) is -0.0996. The van der Waals surface area contributed by atoms with Gasteiger partial charge in [-0.25, -0.2) is 14.5 Å². The van der Waals surface area contributed by atoms with Crippen molar-refractivity contribution < 1.29 is 43.3 Å². The Kier molecular flexibility index (Phi) is 21.8. The van der Waals surface area contributed by atoms with E-state index in [-0.39, 0.29) is 62.6 Å². The Morgan fingerprint density at radius 3 is 1.53 bits per heavy atom. The second-order valence-electron chi connectivity index (χ2n) is 12.5. The van der Waals surface area contributed by atoms with E-state index in [1.165, 1.54) is 4.90 Å². The number of ketones is 1. The lowest BCUT2D eigenvalue weighted by atomic mass is 9.90. The molecule has 0 radical (unpaired) electrons. The summed E-state index contributed by atoms with van der Waals surface area (Å²) in [4.78, 5) is 64.9. The van der Waals surface area contributed by atoms with E-state index in [4.69, 9.17) is 26.2 Å². The van der Waals surface area contributed by atoms with Gasteiger partial charge < -0.3 is 19.9 Å². The smallest absolute Gasteiger partial charge is 0.416 e. The van der Waals surface area contributed by atoms with Crippen molar-refractivity contribution in [2.45, 2.75) is 113 Å². The van der Waals surface area contributed by atoms with E-state index in [1.807, 2.05) is 34.6 Å². The van der Waals surface area contributed by atoms with Gasteiger partial charge in [-0.3, -0.25) is 19.2 Å². The molecule has 3 amide bonds. The number of carbonyl (C=O) groups is 6. The van der Waals surface area contributed by atoms with E-state index in [9.17, 15) is 28.8 Å². The van der Waals surface area contributed by atoms with Crippen LogP contribution >= 0.6 is 27.5 Å². The van der Waals surface area contributed by atoms with Gasteiger partial charge in [-0.05, 0) is 51.1 Å². The largest absolute Gasteiger partial charge is 0.481 e. The van der Waals surface area contributed by atoms with Crippen LogP contribution in [0.1, 0.15) is 96.9 Å². The standard InChI is InChI=1S/C10H17NO3.C7H13NO2.C5H9BrO.C4H7ClO.C4H8O2/c1-6(2)8-5-14-10(13)11(8)9(12)7(3)4;1-5(2)7(3)4-10-6(9)8-7;1-4(7)5(2,3)6;2*1-3(2)4(5)6/h6-8H,5H2,1-4H3;5H,4H2,1-3H3,(H,8,9);1-3H3;3H,1-2H3;3H,1-2H3,(H,5,6)/t8-;7-;;;/m11.../s1. The van der Waals surface area contributed by atoms with E-state index in [0.29, 0.717) is 19.1 Å². The Balaban J connectivity index is -0.000000489. The van der Waals surface area contributed by atoms with Crippen molar-refractivity contribution in [1.82, 2.24) is 10.2 Å². The maximum Gasteiger partial charge on any atom is 0.416 e. The number of Topliss-reactive ketones (excluding diaryl/α,β-unsaturated/α-hetero) is 1. The number of alkyl carbamates (subject to hydrolysis) is 1. The molecule has 2 N–H and O–H groups in total. The van der Waals surface area contributed by atoms with Crippen molar-refractivity contribution in [2.75, 3.05) is 13.2 Å². The summed E-state index contributed by atoms with van der Waals surface area (Å²) in [6.07, 6.45) is -0.793. The first-order chi connectivity index (χ1) is 19.2. The highest BCUT2D eigenvalue weighted by molar-refractivity contribution is 9.10. The number of carbonyl (C=O) groups excluding carboxylic acids is 5. The minimum atomic E-state index is -0.741. The van der Waals surface area contributed by atoms with Crippen LogP contribution in [0.25, 0.3) is 0 Å². The zero-order chi connectivity index (χ0) is 35.0. The number of hydrogen-bond donors (Lipinski definition) is 2. The molecule has 252 valence electrons. The minimum Gasteiger partial charge on any atom is -0.481 e. The monoisotopic (exact) mass is 700 g/mol. The molecule has 11 nitrogen and oxygen atoms in total. The average Bonchev–Trinajstić information content (AvgIpc) is 3.41. The van der Waals surface area contributed by atoms with Crippen LogP contribution in [0.3, 0.4) is 0 Å². The molecule has 2 saturated heterocycles. The van der Waals surface area contributed by atoms with Gasteiger partial charge in [-0.2, -0.15) is 0 Å². The quantitative estimate of drug-likeness (QED) is 0.228. The summed E-state index contributed by atoms with van der Waals surface area (Å²) in [6.45, 7) is 26.5. The molecule has 0 bridgehead atoms. The van der Waals surface area contributed by atoms with Crippen molar-refractivity contribution in [3.63, 3.8) is 0 Å². The molecule has 2 heterocycles. The van der Waals surface area contributed by atoms with Gasteiger partial charge in [-0.1, -0.05) is 85.2 Å². The number of alkyl halides is 1. The van der Waals surface area contributed by atoms with Gasteiger partial charge in [0.2, 0.25) is 11.1 Å². The first kappa shape index (κ1) is 45.2. The van der Waals surface area contributed by atoms with Crippen LogP contribution in [0.2, 0.25) is 0 Å². The Hall–Kier alpha value is -2.21. The van der Waals surface area contributed by atoms with Gasteiger partial charge in [0, 0.05) is 11.8 Å². The molecule has 0 aromatic carbocycles. The average molecular weight is 702 g/mol. The number of halogens is 2. The van der Waals surface area contributed by atoms with Gasteiger partial charge in [0.15, 0.2) is 0 Å². The van der Waals surface area contributed by atoms with Gasteiger partial charge in [0.05, 0.1) is 21.8 Å². The van der Waals surface area contributed by atoms with Crippen LogP contribution in [0.5, 0.6) is 0 Å². The van der Waals surface area contributed by atoms with Gasteiger partial charge in [0.25, 0.3) is 0 Å². The van der Waals surface area contributed by atoms with E-state index in [1.54, 1.807) is 48.5 Å². The third-order valence-corrected chi connectivity index (χ3v) is 7.35. The Morgan fingerprint density at radius 2 is 1.35 bits per heavy atom. The maximum atomic E-state index is 11.7. The van der Waals surface area contributed by atoms with Gasteiger partial charge in [-0.15, -0.1) is 0 Å². The number of nitrogens with zero attached hydrogens (tertiary/aromatic N) is 1. The molecule has 0 unspecified atom stereocenters. The van der Waals surface area contributed by atoms with Crippen LogP contribution in [0, 0.1) is 29.6 Å². The number of cyclic esters (lactones) is 2. The molecule has 0 aromatic rings. The summed E-state index contributed by atoms with van der Waals surface area (Å²) in [5.74, 6) is -0.490. The van der Waals surface area contributed by atoms with Crippen molar-refractivity contribution in [3.05, 3.63) is 0 Å². The number of amides is 3. The highest BCUT2D eigenvalue weighted by Gasteiger charge is 2.40. The highest BCUT2D eigenvalue weighted by atomic mass is 79.9. The van der Waals surface area contributed by atoms with Crippen LogP contribution in [-0.4, -0.2) is 74.2 Å². The SMILES string of the molecule is CC(=O)C(C)(C)Br.CC(C)C(=O)Cl.CC(C)C(=O)N1C(=O)OC[C@@H]1C(C)C.CC(C)C(=O)O.CC(C)[C@@]1(C)COC(=O)N1. The highest BCUT2D eigenvalue weighted by Crippen LogP contribution is 2.22. The second-order valence-corrected chi connectivity index (χ2v) is 14.9. The minimum absolute atomic E-state index is 0.0216. The fraction of sp³-hybridized carbons (Fsp3) is 0.800. The predicted molar refractivity (Wildman–Crippen MR) is 171 cm³/mol. The number of rotatable bonds is 6. The summed E-state index contributed by atoms with van der Waals surface area (Å²) in [5, 5.41) is 10.5. The molecule has 2 atom stereocenters. The number of imide groups is 1. The number of aliphatic carboxylic acids is 1. The lowest BCUT2D eigenvalue weighted by Gasteiger charge is -2.25. The lowest BCUT2D eigenvalue weighted by molar-refractivity contribution is -0.140. The molecule has 2 rings (SSSR count). The predicted octanol–water partition coefficient (Wildman–Crippen LogP) is 6.67. The normalized spacial score (nSPS) is 19.1. The molecule has 2 aliphatic rings. The third-order valence-electron chi connectivity index (χ3n) is 6.36. The van der Waals surface area contributed by atoms with Gasteiger partial charge in [0.1, 0.15) is 19.0 Å². The number of carboxylic acids is 1. The van der Waals surface area contributed by atoms with E-state index < -0.39 is 12.1 Å². The molecule has 0 saturated carbocycles. The Labute approximate surface area is 271 Å². The van der Waals surface area contributed by atoms with Gasteiger partial charge >= 0.3 is 18.2 Å². The lowest BCUT2D eigenvalue weighted by Crippen LogP contribution is -2.44. The third kappa shape index (κ3) is 19.6. The van der Waals surface area contributed by atoms with Crippen LogP contribution in [0.15, 0.2) is 0 Å². The van der Waals surface area contributed by atoms with Crippen molar-refractivity contribution >= 4 is 62.6 Å². The first-order valence-electron chi connectivity index (χ1n) is 14.3. The van der Waals surface area contributed by atoms with E-state index in [2.05, 4.69) is 35.1 Å². The molecule has 0 spiro atoms. The summed E-state index contributed by atoms with van der Waals surface area (Å²) in [5.41, 5.74) is -0.156. The Morgan fingerprint density at radius 1 is 0.953 bits per heavy atom. The van der Waals surface area contributed by atoms with Crippen LogP contribution < -0.4 is 5.32 Å². The van der Waals surface area contributed by atoms with Crippen molar-refractivity contribution in [1.29, 1.82) is 0 Å². The summed E-state index contributed by atoms with van der Waals surface area (Å²) < 4.78 is 9.33. The van der Waals surface area contributed by atoms with E-state index >= 15 is 0 Å². The molecule has 2 fully saturated rings. The number of ether oxygens (including phenoxy) is 2. The van der Waals surface area contributed by atoms with Crippen molar-refractivity contribution in [3.8, 4) is 0 Å². The second kappa shape index (κ2) is 20.7. The zero-order valence-corrected chi connectivity index (χ0v) is 30.6. The number of carboxylic acid groups (broad SMARTS) is 1. The van der Waals surface area contributed by atoms with Crippen molar-refractivity contribution in [2.24, 2.45) is 29.6 Å². The molecular weight excluding hydrogens is 648 g/mol. The molecule has 0 aliphatic carbocycles.